The van der Waals surface area contributed by atoms with Crippen molar-refractivity contribution in [2.24, 2.45) is 0 Å². The van der Waals surface area contributed by atoms with Gasteiger partial charge in [-0.15, -0.1) is 0 Å². The Morgan fingerprint density at radius 3 is 1.97 bits per heavy atom. The van der Waals surface area contributed by atoms with Gasteiger partial charge in [0.2, 0.25) is 0 Å². The van der Waals surface area contributed by atoms with Gasteiger partial charge in [0.1, 0.15) is 5.76 Å². The molecule has 0 saturated carbocycles. The highest BCUT2D eigenvalue weighted by molar-refractivity contribution is 6.01. The van der Waals surface area contributed by atoms with Crippen LogP contribution in [0.25, 0.3) is 50.9 Å². The Balaban J connectivity index is 0.00000132. The van der Waals surface area contributed by atoms with Crippen molar-refractivity contribution in [3.63, 3.8) is 0 Å². The molecule has 0 radical (unpaired) electrons. The Morgan fingerprint density at radius 2 is 1.30 bits per heavy atom. The lowest BCUT2D eigenvalue weighted by Gasteiger charge is -2.31. The fraction of sp³-hybridized carbons (Fsp3) is 0.241. The molecule has 0 unspecified atom stereocenters. The van der Waals surface area contributed by atoms with Crippen LogP contribution in [0.3, 0.4) is 0 Å². The molecule has 2 aliphatic carbocycles. The maximum atomic E-state index is 7.09. The number of nitrogens with zero attached hydrogens (tertiary/aromatic N) is 1. The molecular weight excluding hydrogens is 727 g/mol. The topological polar surface area (TPSA) is 16.4 Å². The van der Waals surface area contributed by atoms with Crippen LogP contribution in [-0.4, -0.2) is 0 Å². The van der Waals surface area contributed by atoms with Crippen LogP contribution >= 0.6 is 0 Å². The third-order valence-corrected chi connectivity index (χ3v) is 12.7. The number of fused-ring (bicyclic) bond motifs is 8. The summed E-state index contributed by atoms with van der Waals surface area (Å²) in [7, 11) is 0. The summed E-state index contributed by atoms with van der Waals surface area (Å²) in [4.78, 5) is 2.42. The summed E-state index contributed by atoms with van der Waals surface area (Å²) < 4.78 is 7.09. The van der Waals surface area contributed by atoms with Crippen LogP contribution in [0.5, 0.6) is 0 Å². The molecule has 0 atom stereocenters. The quantitative estimate of drug-likeness (QED) is 0.153. The number of benzene rings is 6. The fourth-order valence-corrected chi connectivity index (χ4v) is 10.0. The number of furan rings is 1. The van der Waals surface area contributed by atoms with Gasteiger partial charge in [0.25, 0.3) is 0 Å². The van der Waals surface area contributed by atoms with Gasteiger partial charge in [0.05, 0.1) is 5.69 Å². The lowest BCUT2D eigenvalue weighted by molar-refractivity contribution is 0.595. The van der Waals surface area contributed by atoms with Crippen molar-refractivity contribution in [3.8, 4) is 22.3 Å². The van der Waals surface area contributed by atoms with Gasteiger partial charge in [-0.25, -0.2) is 0 Å². The van der Waals surface area contributed by atoms with Gasteiger partial charge in [-0.2, -0.15) is 0 Å². The van der Waals surface area contributed by atoms with Crippen molar-refractivity contribution in [1.29, 1.82) is 0 Å². The summed E-state index contributed by atoms with van der Waals surface area (Å²) in [5.41, 5.74) is 21.5. The smallest absolute Gasteiger partial charge is 0.159 e. The van der Waals surface area contributed by atoms with Crippen molar-refractivity contribution in [2.75, 3.05) is 4.90 Å². The second-order valence-electron chi connectivity index (χ2n) is 16.4. The highest BCUT2D eigenvalue weighted by atomic mass is 16.3. The highest BCUT2D eigenvalue weighted by Gasteiger charge is 2.46. The second-order valence-corrected chi connectivity index (χ2v) is 16.4. The summed E-state index contributed by atoms with van der Waals surface area (Å²) in [5, 5.41) is 1.15. The average molecular weight is 788 g/mol. The van der Waals surface area contributed by atoms with Crippen molar-refractivity contribution in [3.05, 3.63) is 190 Å². The molecule has 60 heavy (non-hydrogen) atoms. The predicted octanol–water partition coefficient (Wildman–Crippen LogP) is 17.2. The van der Waals surface area contributed by atoms with Gasteiger partial charge in [-0.05, 0) is 111 Å². The average Bonchev–Trinajstić information content (AvgIpc) is 3.85. The first-order chi connectivity index (χ1) is 29.1. The zero-order valence-electron chi connectivity index (χ0n) is 37.7. The minimum Gasteiger partial charge on any atom is -0.454 e. The van der Waals surface area contributed by atoms with Gasteiger partial charge >= 0.3 is 0 Å². The molecule has 2 nitrogen and oxygen atoms in total. The van der Waals surface area contributed by atoms with E-state index in [1.54, 1.807) is 0 Å². The Labute approximate surface area is 359 Å². The van der Waals surface area contributed by atoms with E-state index in [1.807, 2.05) is 39.8 Å². The molecule has 304 valence electrons. The number of hydrogen-bond acceptors (Lipinski definition) is 2. The van der Waals surface area contributed by atoms with Crippen LogP contribution in [0.15, 0.2) is 139 Å². The summed E-state index contributed by atoms with van der Waals surface area (Å²) in [6, 6.07) is 42.2. The maximum Gasteiger partial charge on any atom is 0.159 e. The molecule has 0 N–H and O–H groups in total. The minimum absolute atomic E-state index is 0.183. The van der Waals surface area contributed by atoms with Crippen molar-refractivity contribution < 1.29 is 4.42 Å². The first-order valence-corrected chi connectivity index (χ1v) is 21.9. The Bertz CT molecular complexity index is 2790. The number of anilines is 3. The van der Waals surface area contributed by atoms with E-state index in [2.05, 4.69) is 188 Å². The first-order valence-electron chi connectivity index (χ1n) is 21.9. The molecule has 0 fully saturated rings. The van der Waals surface area contributed by atoms with Crippen LogP contribution in [0.1, 0.15) is 125 Å². The van der Waals surface area contributed by atoms with Gasteiger partial charge in [0.15, 0.2) is 5.58 Å². The van der Waals surface area contributed by atoms with E-state index < -0.39 is 0 Å². The summed E-state index contributed by atoms with van der Waals surface area (Å²) in [6.45, 7) is 32.5. The monoisotopic (exact) mass is 787 g/mol. The normalized spacial score (nSPS) is 13.8. The molecular formula is C58H61NO. The van der Waals surface area contributed by atoms with E-state index in [-0.39, 0.29) is 10.8 Å². The number of hydrogen-bond donors (Lipinski definition) is 0. The minimum atomic E-state index is -0.256. The van der Waals surface area contributed by atoms with Crippen LogP contribution in [-0.2, 0) is 17.3 Å². The Kier molecular flexibility index (Phi) is 11.6. The van der Waals surface area contributed by atoms with Crippen LogP contribution in [0.2, 0.25) is 0 Å². The predicted molar refractivity (Wildman–Crippen MR) is 262 cm³/mol. The molecule has 7 aromatic rings. The Morgan fingerprint density at radius 1 is 0.667 bits per heavy atom. The Hall–Kier alpha value is -6.12. The van der Waals surface area contributed by atoms with E-state index in [9.17, 15) is 0 Å². The summed E-state index contributed by atoms with van der Waals surface area (Å²) in [6.07, 6.45) is 7.00. The van der Waals surface area contributed by atoms with E-state index in [0.29, 0.717) is 0 Å². The van der Waals surface area contributed by atoms with Crippen molar-refractivity contribution >= 4 is 45.8 Å². The van der Waals surface area contributed by atoms with Crippen LogP contribution < -0.4 is 4.90 Å². The zero-order valence-corrected chi connectivity index (χ0v) is 37.7. The molecule has 0 spiro atoms. The molecule has 1 aromatic heterocycles. The number of allylic oxidation sites excluding steroid dienone is 1. The SMILES string of the molecule is C=Cc1ccc2c(c1C=C)-c1ccc3c(c1C2(C)C)C(C)(C)c1cc(N(c2ccccc2C)c2cccc4c(CC)c(/C(=C\C)c5ccccc5)oc24)ccc1-3.CC.CC. The lowest BCUT2D eigenvalue weighted by Crippen LogP contribution is -2.24. The van der Waals surface area contributed by atoms with Gasteiger partial charge in [-0.1, -0.05) is 185 Å². The van der Waals surface area contributed by atoms with Crippen molar-refractivity contribution in [1.82, 2.24) is 0 Å². The molecule has 0 bridgehead atoms. The summed E-state index contributed by atoms with van der Waals surface area (Å²) in [5.74, 6) is 0.941. The third-order valence-electron chi connectivity index (χ3n) is 12.7. The molecule has 2 heteroatoms. The van der Waals surface area contributed by atoms with E-state index in [4.69, 9.17) is 4.42 Å². The van der Waals surface area contributed by atoms with Gasteiger partial charge in [-0.3, -0.25) is 0 Å². The largest absolute Gasteiger partial charge is 0.454 e. The first kappa shape index (κ1) is 42.0. The standard InChI is InChI=1S/C54H49NO.2C2H6/c1-10-34-26-31-44-48(37(34)11-2)43-30-29-41-40-28-27-36(32-45(40)54(8,9)49(41)50(43)53(44,6)7)55(46-24-18-17-20-33(46)5)47-25-19-23-42-39(13-4)51(56-52(42)47)38(12-3)35-21-15-14-16-22-35;2*1-2/h10-12,14-32H,1-2,13H2,3-9H3;2*1-2H3/b38-12-;;. The van der Waals surface area contributed by atoms with Crippen LogP contribution in [0, 0.1) is 6.92 Å². The third kappa shape index (κ3) is 6.31. The summed E-state index contributed by atoms with van der Waals surface area (Å²) >= 11 is 0. The molecule has 0 aliphatic heterocycles. The van der Waals surface area contributed by atoms with E-state index in [1.165, 1.54) is 61.2 Å². The fourth-order valence-electron chi connectivity index (χ4n) is 10.0. The van der Waals surface area contributed by atoms with Crippen LogP contribution in [0.4, 0.5) is 17.1 Å². The molecule has 0 amide bonds. The maximum absolute atomic E-state index is 7.09. The highest BCUT2D eigenvalue weighted by Crippen LogP contribution is 2.60. The van der Waals surface area contributed by atoms with E-state index in [0.717, 1.165) is 56.9 Å². The van der Waals surface area contributed by atoms with Crippen molar-refractivity contribution in [2.45, 2.75) is 93.4 Å². The molecule has 6 aromatic carbocycles. The van der Waals surface area contributed by atoms with Gasteiger partial charge in [0, 0.05) is 38.7 Å². The number of aryl methyl sites for hydroxylation is 2. The molecule has 0 saturated heterocycles. The lowest BCUT2D eigenvalue weighted by atomic mass is 9.72. The molecule has 9 rings (SSSR count). The second kappa shape index (κ2) is 16.5. The van der Waals surface area contributed by atoms with Gasteiger partial charge < -0.3 is 9.32 Å². The molecule has 1 heterocycles. The van der Waals surface area contributed by atoms with E-state index >= 15 is 0 Å². The number of rotatable bonds is 8. The zero-order chi connectivity index (χ0) is 43.1. The number of para-hydroxylation sites is 2. The molecule has 2 aliphatic rings.